The van der Waals surface area contributed by atoms with Crippen molar-refractivity contribution in [3.63, 3.8) is 0 Å². The lowest BCUT2D eigenvalue weighted by atomic mass is 9.99. The number of carbonyl (C=O) groups excluding carboxylic acids is 2. The number of morpholine rings is 1. The number of alkyl halides is 6. The third-order valence-corrected chi connectivity index (χ3v) is 9.86. The van der Waals surface area contributed by atoms with Gasteiger partial charge in [0, 0.05) is 41.5 Å². The number of esters is 1. The average molecular weight is 757 g/mol. The quantitative estimate of drug-likeness (QED) is 0.0735. The van der Waals surface area contributed by atoms with Crippen molar-refractivity contribution in [1.29, 1.82) is 0 Å². The molecule has 2 saturated heterocycles. The number of carboxylic acids is 1. The van der Waals surface area contributed by atoms with E-state index < -0.39 is 41.3 Å². The highest BCUT2D eigenvalue weighted by Crippen LogP contribution is 2.42. The summed E-state index contributed by atoms with van der Waals surface area (Å²) in [6.07, 6.45) is -5.47. The van der Waals surface area contributed by atoms with Crippen LogP contribution >= 0.6 is 35.3 Å². The van der Waals surface area contributed by atoms with Gasteiger partial charge in [0.15, 0.2) is 0 Å². The lowest BCUT2D eigenvalue weighted by Crippen LogP contribution is -2.36. The van der Waals surface area contributed by atoms with Crippen LogP contribution in [0.25, 0.3) is 23.3 Å². The van der Waals surface area contributed by atoms with E-state index in [2.05, 4.69) is 4.90 Å². The molecular weight excluding hydrogens is 731 g/mol. The van der Waals surface area contributed by atoms with Crippen molar-refractivity contribution >= 4 is 69.6 Å². The largest absolute Gasteiger partial charge is 0.478 e. The molecule has 2 fully saturated rings. The minimum Gasteiger partial charge on any atom is -0.478 e. The molecule has 0 unspecified atom stereocenters. The van der Waals surface area contributed by atoms with Crippen molar-refractivity contribution < 1.29 is 55.3 Å². The van der Waals surface area contributed by atoms with Gasteiger partial charge in [-0.3, -0.25) is 19.4 Å². The van der Waals surface area contributed by atoms with E-state index in [1.165, 1.54) is 41.3 Å². The number of hydrogen-bond donors (Lipinski definition) is 1. The topological polar surface area (TPSA) is 96.4 Å². The maximum atomic E-state index is 13.7. The van der Waals surface area contributed by atoms with Crippen molar-refractivity contribution in [2.75, 3.05) is 39.4 Å². The molecule has 0 radical (unpaired) electrons. The van der Waals surface area contributed by atoms with Crippen LogP contribution in [-0.2, 0) is 26.7 Å². The van der Waals surface area contributed by atoms with E-state index in [0.29, 0.717) is 54.7 Å². The summed E-state index contributed by atoms with van der Waals surface area (Å²) in [4.78, 5) is 40.9. The molecular formula is C33H26F6N2O6S3. The van der Waals surface area contributed by atoms with Crippen molar-refractivity contribution in [2.45, 2.75) is 18.8 Å². The van der Waals surface area contributed by atoms with E-state index in [4.69, 9.17) is 26.8 Å². The molecule has 50 heavy (non-hydrogen) atoms. The number of thiocarbonyl (C=S) groups is 1. The standard InChI is InChI=1S/C33H26F6N2O6S3/c34-32(35,36)21-14-20(15-22(16-21)33(37,38)39)25-17-24(49-26(25)2-1-8-40-10-12-46-13-11-40)18-27-29(43)41(31(48)50-27)9-7-28(42)47-23-5-3-19(4-6-23)30(44)45/h1-6,14-18H,7-13H2,(H,44,45)/b2-1+,27-18-. The van der Waals surface area contributed by atoms with Gasteiger partial charge in [-0.1, -0.05) is 30.1 Å². The zero-order valence-electron chi connectivity index (χ0n) is 25.7. The first-order valence-corrected chi connectivity index (χ1v) is 16.8. The number of ether oxygens (including phenoxy) is 2. The van der Waals surface area contributed by atoms with Crippen LogP contribution in [0.4, 0.5) is 26.3 Å². The first-order chi connectivity index (χ1) is 23.6. The van der Waals surface area contributed by atoms with E-state index in [-0.39, 0.29) is 50.7 Å². The summed E-state index contributed by atoms with van der Waals surface area (Å²) in [5, 5.41) is 9.00. The van der Waals surface area contributed by atoms with Crippen LogP contribution in [0.15, 0.2) is 59.5 Å². The lowest BCUT2D eigenvalue weighted by molar-refractivity contribution is -0.143. The van der Waals surface area contributed by atoms with Crippen LogP contribution in [0.3, 0.4) is 0 Å². The normalized spacial score (nSPS) is 16.9. The number of benzene rings is 2. The molecule has 5 rings (SSSR count). The Bertz CT molecular complexity index is 1810. The zero-order chi connectivity index (χ0) is 36.2. The van der Waals surface area contributed by atoms with Gasteiger partial charge in [-0.2, -0.15) is 26.3 Å². The molecule has 1 N–H and O–H groups in total. The van der Waals surface area contributed by atoms with E-state index in [1.54, 1.807) is 12.2 Å². The first kappa shape index (κ1) is 37.2. The number of hydrogen-bond acceptors (Lipinski definition) is 9. The van der Waals surface area contributed by atoms with E-state index in [0.717, 1.165) is 23.1 Å². The molecule has 1 amide bonds. The smallest absolute Gasteiger partial charge is 0.416 e. The average Bonchev–Trinajstić information content (AvgIpc) is 3.58. The van der Waals surface area contributed by atoms with Crippen LogP contribution < -0.4 is 4.74 Å². The van der Waals surface area contributed by atoms with Crippen LogP contribution in [0.2, 0.25) is 0 Å². The summed E-state index contributed by atoms with van der Waals surface area (Å²) in [6.45, 7) is 2.73. The second-order valence-electron chi connectivity index (χ2n) is 10.9. The molecule has 0 atom stereocenters. The number of carboxylic acid groups (broad SMARTS) is 1. The molecule has 1 aromatic heterocycles. The summed E-state index contributed by atoms with van der Waals surface area (Å²) in [6, 6.07) is 7.99. The number of thiophene rings is 1. The van der Waals surface area contributed by atoms with E-state index in [1.807, 2.05) is 0 Å². The molecule has 0 aliphatic carbocycles. The Hall–Kier alpha value is -4.03. The fourth-order valence-corrected chi connectivity index (χ4v) is 7.35. The highest BCUT2D eigenvalue weighted by molar-refractivity contribution is 8.26. The van der Waals surface area contributed by atoms with Gasteiger partial charge in [0.1, 0.15) is 10.1 Å². The maximum absolute atomic E-state index is 13.7. The Morgan fingerprint density at radius 2 is 1.62 bits per heavy atom. The molecule has 17 heteroatoms. The van der Waals surface area contributed by atoms with Gasteiger partial charge in [-0.05, 0) is 66.2 Å². The molecule has 0 spiro atoms. The van der Waals surface area contributed by atoms with Gasteiger partial charge >= 0.3 is 24.3 Å². The predicted molar refractivity (Wildman–Crippen MR) is 180 cm³/mol. The van der Waals surface area contributed by atoms with Gasteiger partial charge in [0.05, 0.1) is 41.2 Å². The fraction of sp³-hybridized carbons (Fsp3) is 0.273. The highest BCUT2D eigenvalue weighted by atomic mass is 32.2. The van der Waals surface area contributed by atoms with Gasteiger partial charge < -0.3 is 14.6 Å². The molecule has 2 aliphatic heterocycles. The zero-order valence-corrected chi connectivity index (χ0v) is 28.1. The van der Waals surface area contributed by atoms with Crippen molar-refractivity contribution in [3.05, 3.63) is 86.0 Å². The molecule has 8 nitrogen and oxygen atoms in total. The minimum absolute atomic E-state index is 0.00373. The third kappa shape index (κ3) is 9.39. The SMILES string of the molecule is O=C(CCN1C(=O)/C(=C/c2cc(-c3cc(C(F)(F)F)cc(C(F)(F)F)c3)c(/C=C/CN3CCOCC3)s2)SC1=S)Oc1ccc(C(=O)O)cc1. The lowest BCUT2D eigenvalue weighted by Gasteiger charge is -2.25. The Morgan fingerprint density at radius 3 is 2.22 bits per heavy atom. The molecule has 3 aromatic rings. The third-order valence-electron chi connectivity index (χ3n) is 7.43. The van der Waals surface area contributed by atoms with Gasteiger partial charge in [-0.15, -0.1) is 11.3 Å². The van der Waals surface area contributed by atoms with Crippen molar-refractivity contribution in [3.8, 4) is 16.9 Å². The summed E-state index contributed by atoms with van der Waals surface area (Å²) in [5.74, 6) is -2.29. The van der Waals surface area contributed by atoms with Gasteiger partial charge in [0.25, 0.3) is 5.91 Å². The maximum Gasteiger partial charge on any atom is 0.416 e. The summed E-state index contributed by atoms with van der Waals surface area (Å²) in [7, 11) is 0. The molecule has 2 aromatic carbocycles. The van der Waals surface area contributed by atoms with Gasteiger partial charge in [-0.25, -0.2) is 4.79 Å². The second kappa shape index (κ2) is 15.5. The van der Waals surface area contributed by atoms with E-state index in [9.17, 15) is 40.7 Å². The summed E-state index contributed by atoms with van der Waals surface area (Å²) < 4.78 is 92.9. The fourth-order valence-electron chi connectivity index (χ4n) is 4.92. The molecule has 264 valence electrons. The first-order valence-electron chi connectivity index (χ1n) is 14.8. The molecule has 3 heterocycles. The van der Waals surface area contributed by atoms with Crippen LogP contribution in [0.5, 0.6) is 5.75 Å². The predicted octanol–water partition coefficient (Wildman–Crippen LogP) is 7.69. The Balaban J connectivity index is 1.38. The Labute approximate surface area is 294 Å². The molecule has 0 saturated carbocycles. The van der Waals surface area contributed by atoms with Crippen molar-refractivity contribution in [1.82, 2.24) is 9.80 Å². The van der Waals surface area contributed by atoms with Crippen molar-refractivity contribution in [2.24, 2.45) is 0 Å². The monoisotopic (exact) mass is 756 g/mol. The summed E-state index contributed by atoms with van der Waals surface area (Å²) in [5.41, 5.74) is -3.07. The number of rotatable bonds is 10. The summed E-state index contributed by atoms with van der Waals surface area (Å²) >= 11 is 7.35. The van der Waals surface area contributed by atoms with Crippen LogP contribution in [-0.4, -0.2) is 76.5 Å². The number of nitrogens with zero attached hydrogens (tertiary/aromatic N) is 2. The van der Waals surface area contributed by atoms with Crippen LogP contribution in [0, 0.1) is 0 Å². The van der Waals surface area contributed by atoms with Crippen LogP contribution in [0.1, 0.15) is 37.7 Å². The van der Waals surface area contributed by atoms with Gasteiger partial charge in [0.2, 0.25) is 0 Å². The molecule has 2 aliphatic rings. The highest BCUT2D eigenvalue weighted by Gasteiger charge is 2.37. The number of carbonyl (C=O) groups is 3. The molecule has 0 bridgehead atoms. The van der Waals surface area contributed by atoms with E-state index >= 15 is 0 Å². The second-order valence-corrected chi connectivity index (χ2v) is 13.7. The minimum atomic E-state index is -5.04. The Morgan fingerprint density at radius 1 is 0.980 bits per heavy atom. The number of aromatic carboxylic acids is 1. The number of amides is 1. The number of halogens is 6. The number of thioether (sulfide) groups is 1. The Kier molecular flexibility index (Phi) is 11.5.